The zero-order valence-electron chi connectivity index (χ0n) is 12.5. The number of Topliss-reactive ketones (excluding diaryl/α,β-unsaturated/α-hetero) is 2. The van der Waals surface area contributed by atoms with Gasteiger partial charge in [-0.1, -0.05) is 0 Å². The van der Waals surface area contributed by atoms with E-state index in [1.165, 1.54) is 9.81 Å². The molecule has 1 aliphatic heterocycles. The van der Waals surface area contributed by atoms with E-state index in [9.17, 15) is 9.59 Å². The van der Waals surface area contributed by atoms with Gasteiger partial charge in [0.15, 0.2) is 11.6 Å². The third-order valence-electron chi connectivity index (χ3n) is 3.79. The first-order valence-corrected chi connectivity index (χ1v) is 11.7. The largest absolute Gasteiger partial charge is 0.294 e. The number of ketones is 2. The maximum atomic E-state index is 12.0. The van der Waals surface area contributed by atoms with Crippen molar-refractivity contribution in [1.82, 2.24) is 0 Å². The van der Waals surface area contributed by atoms with Gasteiger partial charge in [0.2, 0.25) is 0 Å². The number of allylic oxidation sites excluding steroid dienone is 4. The van der Waals surface area contributed by atoms with Crippen molar-refractivity contribution in [3.05, 3.63) is 19.6 Å². The molecule has 0 unspecified atom stereocenters. The Labute approximate surface area is 149 Å². The Morgan fingerprint density at radius 3 is 1.41 bits per heavy atom. The van der Waals surface area contributed by atoms with Crippen LogP contribution in [0, 0.1) is 0 Å². The Hall–Kier alpha value is 0.220. The summed E-state index contributed by atoms with van der Waals surface area (Å²) in [6, 6.07) is 0. The molecular formula is C16H20O2S4. The highest BCUT2D eigenvalue weighted by Gasteiger charge is 2.25. The smallest absolute Gasteiger partial charge is 0.170 e. The Balaban J connectivity index is 1.64. The van der Waals surface area contributed by atoms with Crippen LogP contribution < -0.4 is 0 Å². The number of thioether (sulfide) groups is 4. The van der Waals surface area contributed by atoms with Crippen molar-refractivity contribution in [2.24, 2.45) is 0 Å². The highest BCUT2D eigenvalue weighted by atomic mass is 32.2. The molecule has 3 rings (SSSR count). The maximum Gasteiger partial charge on any atom is 0.170 e. The van der Waals surface area contributed by atoms with Crippen LogP contribution in [0.3, 0.4) is 0 Å². The fourth-order valence-corrected chi connectivity index (χ4v) is 7.84. The molecule has 6 heteroatoms. The van der Waals surface area contributed by atoms with E-state index in [1.807, 2.05) is 23.5 Å². The molecular weight excluding hydrogens is 352 g/mol. The molecule has 2 nitrogen and oxygen atoms in total. The summed E-state index contributed by atoms with van der Waals surface area (Å²) in [5, 5.41) is 0. The normalized spacial score (nSPS) is 25.3. The topological polar surface area (TPSA) is 34.1 Å². The number of hydrogen-bond donors (Lipinski definition) is 0. The van der Waals surface area contributed by atoms with Crippen LogP contribution in [0.1, 0.15) is 38.5 Å². The average Bonchev–Trinajstić information content (AvgIpc) is 3.03. The highest BCUT2D eigenvalue weighted by molar-refractivity contribution is 8.08. The third kappa shape index (κ3) is 4.19. The van der Waals surface area contributed by atoms with Crippen molar-refractivity contribution >= 4 is 58.6 Å². The lowest BCUT2D eigenvalue weighted by Crippen LogP contribution is -1.96. The first-order valence-electron chi connectivity index (χ1n) is 7.79. The van der Waals surface area contributed by atoms with Crippen LogP contribution in [0.25, 0.3) is 0 Å². The van der Waals surface area contributed by atoms with Crippen LogP contribution in [0.4, 0.5) is 0 Å². The molecule has 0 N–H and O–H groups in total. The van der Waals surface area contributed by atoms with Crippen LogP contribution in [0.5, 0.6) is 0 Å². The van der Waals surface area contributed by atoms with Crippen molar-refractivity contribution in [2.45, 2.75) is 38.5 Å². The molecule has 1 heterocycles. The minimum absolute atomic E-state index is 0.355. The van der Waals surface area contributed by atoms with E-state index in [0.717, 1.165) is 58.5 Å². The predicted molar refractivity (Wildman–Crippen MR) is 102 cm³/mol. The molecule has 0 fully saturated rings. The van der Waals surface area contributed by atoms with E-state index < -0.39 is 0 Å². The first kappa shape index (κ1) is 17.1. The number of carbonyl (C=O) groups is 2. The number of rotatable bonds is 0. The van der Waals surface area contributed by atoms with Crippen LogP contribution in [0.2, 0.25) is 0 Å². The molecule has 0 aromatic rings. The minimum Gasteiger partial charge on any atom is -0.294 e. The molecule has 0 aromatic carbocycles. The molecule has 0 amide bonds. The lowest BCUT2D eigenvalue weighted by molar-refractivity contribution is -0.115. The molecule has 0 saturated carbocycles. The molecule has 0 bridgehead atoms. The lowest BCUT2D eigenvalue weighted by Gasteiger charge is -2.09. The molecule has 22 heavy (non-hydrogen) atoms. The second-order valence-electron chi connectivity index (χ2n) is 5.45. The molecule has 3 aliphatic rings. The predicted octanol–water partition coefficient (Wildman–Crippen LogP) is 4.86. The lowest BCUT2D eigenvalue weighted by atomic mass is 10.3. The molecule has 0 aromatic heterocycles. The summed E-state index contributed by atoms with van der Waals surface area (Å²) in [5.74, 6) is 4.86. The number of hydrogen-bond acceptors (Lipinski definition) is 6. The van der Waals surface area contributed by atoms with Crippen LogP contribution in [0.15, 0.2) is 19.6 Å². The standard InChI is InChI=1S/C16H20O2S4/c17-11-4-6-14-15(11)21-9-1-7-19-13-5-3-12(18)16(13)22-10-2-8-20-14/h1-10H2. The fourth-order valence-electron chi connectivity index (χ4n) is 2.67. The van der Waals surface area contributed by atoms with E-state index in [1.54, 1.807) is 23.5 Å². The van der Waals surface area contributed by atoms with Gasteiger partial charge < -0.3 is 0 Å². The Kier molecular flexibility index (Phi) is 6.48. The summed E-state index contributed by atoms with van der Waals surface area (Å²) in [7, 11) is 0. The zero-order chi connectivity index (χ0) is 15.4. The van der Waals surface area contributed by atoms with Crippen LogP contribution >= 0.6 is 47.0 Å². The van der Waals surface area contributed by atoms with Crippen molar-refractivity contribution in [3.63, 3.8) is 0 Å². The second kappa shape index (κ2) is 8.36. The summed E-state index contributed by atoms with van der Waals surface area (Å²) >= 11 is 7.25. The number of carbonyl (C=O) groups excluding carboxylic acids is 2. The summed E-state index contributed by atoms with van der Waals surface area (Å²) in [6.45, 7) is 0. The summed E-state index contributed by atoms with van der Waals surface area (Å²) < 4.78 is 0. The van der Waals surface area contributed by atoms with Gasteiger partial charge in [0.05, 0.1) is 9.81 Å². The first-order chi connectivity index (χ1) is 10.8. The van der Waals surface area contributed by atoms with Crippen molar-refractivity contribution in [2.75, 3.05) is 23.0 Å². The summed E-state index contributed by atoms with van der Waals surface area (Å²) in [6.07, 6.45) is 5.50. The van der Waals surface area contributed by atoms with E-state index in [-0.39, 0.29) is 0 Å². The van der Waals surface area contributed by atoms with E-state index in [2.05, 4.69) is 0 Å². The van der Waals surface area contributed by atoms with Crippen molar-refractivity contribution in [1.29, 1.82) is 0 Å². The Bertz CT molecular complexity index is 488. The van der Waals surface area contributed by atoms with Crippen molar-refractivity contribution in [3.8, 4) is 0 Å². The van der Waals surface area contributed by atoms with Gasteiger partial charge >= 0.3 is 0 Å². The molecule has 0 atom stereocenters. The molecule has 2 aliphatic carbocycles. The molecule has 120 valence electrons. The third-order valence-corrected chi connectivity index (χ3v) is 9.06. The second-order valence-corrected chi connectivity index (χ2v) is 10.0. The minimum atomic E-state index is 0.355. The zero-order valence-corrected chi connectivity index (χ0v) is 15.8. The summed E-state index contributed by atoms with van der Waals surface area (Å²) in [4.78, 5) is 28.7. The Morgan fingerprint density at radius 1 is 0.545 bits per heavy atom. The van der Waals surface area contributed by atoms with Crippen molar-refractivity contribution < 1.29 is 9.59 Å². The van der Waals surface area contributed by atoms with Crippen LogP contribution in [-0.4, -0.2) is 34.6 Å². The van der Waals surface area contributed by atoms with E-state index in [0.29, 0.717) is 24.4 Å². The van der Waals surface area contributed by atoms with Gasteiger partial charge in [-0.25, -0.2) is 0 Å². The quantitative estimate of drug-likeness (QED) is 0.604. The summed E-state index contributed by atoms with van der Waals surface area (Å²) in [5.41, 5.74) is 0. The maximum absolute atomic E-state index is 12.0. The van der Waals surface area contributed by atoms with Crippen LogP contribution in [-0.2, 0) is 9.59 Å². The highest BCUT2D eigenvalue weighted by Crippen LogP contribution is 2.41. The van der Waals surface area contributed by atoms with E-state index in [4.69, 9.17) is 0 Å². The van der Waals surface area contributed by atoms with Gasteiger partial charge in [-0.2, -0.15) is 0 Å². The van der Waals surface area contributed by atoms with Gasteiger partial charge in [-0.15, -0.1) is 47.0 Å². The molecule has 0 radical (unpaired) electrons. The monoisotopic (exact) mass is 372 g/mol. The molecule has 0 saturated heterocycles. The molecule has 0 spiro atoms. The average molecular weight is 373 g/mol. The van der Waals surface area contributed by atoms with Gasteiger partial charge in [0, 0.05) is 22.7 Å². The van der Waals surface area contributed by atoms with Gasteiger partial charge in [-0.05, 0) is 48.7 Å². The SMILES string of the molecule is O=C1CCC2=C1SCCCSC1=C(SCCCS2)C(=O)CC1. The fraction of sp³-hybridized carbons (Fsp3) is 0.625. The van der Waals surface area contributed by atoms with Gasteiger partial charge in [-0.3, -0.25) is 9.59 Å². The Morgan fingerprint density at radius 2 is 0.955 bits per heavy atom. The van der Waals surface area contributed by atoms with Gasteiger partial charge in [0.1, 0.15) is 0 Å². The van der Waals surface area contributed by atoms with E-state index >= 15 is 0 Å². The van der Waals surface area contributed by atoms with Gasteiger partial charge in [0.25, 0.3) is 0 Å².